The van der Waals surface area contributed by atoms with E-state index in [-0.39, 0.29) is 5.63 Å². The van der Waals surface area contributed by atoms with Crippen LogP contribution in [0.1, 0.15) is 12.7 Å². The first-order valence-electron chi connectivity index (χ1n) is 4.09. The van der Waals surface area contributed by atoms with Crippen LogP contribution in [0.2, 0.25) is 0 Å². The summed E-state index contributed by atoms with van der Waals surface area (Å²) in [5.74, 6) is 5.98. The van der Waals surface area contributed by atoms with Gasteiger partial charge < -0.3 is 0 Å². The Balaban J connectivity index is 3.13. The Labute approximate surface area is 97.8 Å². The van der Waals surface area contributed by atoms with Gasteiger partial charge in [0.15, 0.2) is 0 Å². The number of hydrogen-bond acceptors (Lipinski definition) is 2. The predicted octanol–water partition coefficient (Wildman–Crippen LogP) is 1.43. The summed E-state index contributed by atoms with van der Waals surface area (Å²) in [6.45, 7) is 1.87. The molecule has 14 heavy (non-hydrogen) atoms. The van der Waals surface area contributed by atoms with Gasteiger partial charge in [-0.3, -0.25) is 0 Å². The Kier molecular flexibility index (Phi) is 4.99. The molecular formula is C10H7ClHgO2. The molecule has 0 radical (unpaired) electrons. The van der Waals surface area contributed by atoms with Gasteiger partial charge in [0.05, 0.1) is 0 Å². The third-order valence-electron chi connectivity index (χ3n) is 1.49. The number of hydrogen-bond donors (Lipinski definition) is 0. The van der Waals surface area contributed by atoms with Crippen LogP contribution in [-0.2, 0) is 23.3 Å². The van der Waals surface area contributed by atoms with Crippen LogP contribution in [0.25, 0.3) is 0 Å². The Bertz CT molecular complexity index is 451. The van der Waals surface area contributed by atoms with E-state index in [4.69, 9.17) is 12.7 Å². The molecule has 0 spiro atoms. The summed E-state index contributed by atoms with van der Waals surface area (Å²) in [4.78, 5) is 10.9. The van der Waals surface area contributed by atoms with Crippen LogP contribution in [0.4, 0.5) is 0 Å². The minimum absolute atomic E-state index is 0.378. The minimum atomic E-state index is -1.57. The van der Waals surface area contributed by atoms with E-state index in [9.17, 15) is 4.79 Å². The second kappa shape index (κ2) is 6.05. The molecule has 1 heterocycles. The van der Waals surface area contributed by atoms with Crippen LogP contribution >= 0.6 is 8.25 Å². The molecule has 0 amide bonds. The van der Waals surface area contributed by atoms with Gasteiger partial charge in [0.2, 0.25) is 0 Å². The summed E-state index contributed by atoms with van der Waals surface area (Å²) >= 11 is -1.57. The van der Waals surface area contributed by atoms with Crippen LogP contribution < -0.4 is 8.70 Å². The number of rotatable bonds is 1. The van der Waals surface area contributed by atoms with Crippen molar-refractivity contribution in [1.29, 1.82) is 0 Å². The number of allylic oxidation sites excluding steroid dienone is 2. The normalized spacial score (nSPS) is 9.29. The molecule has 0 unspecified atom stereocenters. The first-order valence-corrected chi connectivity index (χ1v) is 13.6. The average Bonchev–Trinajstić information content (AvgIpc) is 2.19. The van der Waals surface area contributed by atoms with Crippen molar-refractivity contribution in [3.05, 3.63) is 40.5 Å². The second-order valence-electron chi connectivity index (χ2n) is 2.51. The van der Waals surface area contributed by atoms with Gasteiger partial charge in [-0.05, 0) is 0 Å². The molecule has 0 N–H and O–H groups in total. The standard InChI is InChI=1S/C10H7O2.ClH.Hg/c1-2-3-4-6-9-7-5-8-10(11)12-9;;/h2-3,5,8H,1H3;1H;/q;;+1/p-1/b3-2+;;. The third kappa shape index (κ3) is 3.32. The van der Waals surface area contributed by atoms with E-state index in [1.165, 1.54) is 6.07 Å². The van der Waals surface area contributed by atoms with E-state index in [0.717, 1.165) is 3.07 Å². The van der Waals surface area contributed by atoms with Crippen LogP contribution in [0.5, 0.6) is 0 Å². The Morgan fingerprint density at radius 3 is 3.00 bits per heavy atom. The molecule has 0 aliphatic rings. The van der Waals surface area contributed by atoms with Gasteiger partial charge >= 0.3 is 98.3 Å². The zero-order chi connectivity index (χ0) is 10.4. The monoisotopic (exact) mass is 396 g/mol. The molecule has 68 valence electrons. The van der Waals surface area contributed by atoms with Crippen LogP contribution in [0.3, 0.4) is 0 Å². The summed E-state index contributed by atoms with van der Waals surface area (Å²) < 4.78 is 5.90. The van der Waals surface area contributed by atoms with E-state index in [2.05, 4.69) is 11.8 Å². The summed E-state index contributed by atoms with van der Waals surface area (Å²) in [6, 6.07) is 3.11. The van der Waals surface area contributed by atoms with Gasteiger partial charge in [-0.15, -0.1) is 0 Å². The quantitative estimate of drug-likeness (QED) is 0.532. The van der Waals surface area contributed by atoms with E-state index in [0.29, 0.717) is 5.76 Å². The zero-order valence-electron chi connectivity index (χ0n) is 7.71. The fourth-order valence-electron chi connectivity index (χ4n) is 0.846. The van der Waals surface area contributed by atoms with Crippen molar-refractivity contribution < 1.29 is 27.8 Å². The van der Waals surface area contributed by atoms with Gasteiger partial charge in [0.1, 0.15) is 0 Å². The summed E-state index contributed by atoms with van der Waals surface area (Å²) in [5.41, 5.74) is -0.378. The van der Waals surface area contributed by atoms with Crippen molar-refractivity contribution in [1.82, 2.24) is 0 Å². The molecule has 4 heteroatoms. The van der Waals surface area contributed by atoms with E-state index < -0.39 is 23.3 Å². The van der Waals surface area contributed by atoms with Gasteiger partial charge in [0.25, 0.3) is 0 Å². The molecule has 0 bridgehead atoms. The summed E-state index contributed by atoms with van der Waals surface area (Å²) in [7, 11) is 5.87. The molecule has 0 saturated heterocycles. The maximum absolute atomic E-state index is 10.9. The van der Waals surface area contributed by atoms with Crippen molar-refractivity contribution in [2.45, 2.75) is 6.92 Å². The summed E-state index contributed by atoms with van der Waals surface area (Å²) in [5, 5.41) is 0. The van der Waals surface area contributed by atoms with Crippen molar-refractivity contribution in [3.63, 3.8) is 0 Å². The fraction of sp³-hybridized carbons (Fsp3) is 0.100. The molecule has 0 fully saturated rings. The third-order valence-corrected chi connectivity index (χ3v) is 7.31. The first-order chi connectivity index (χ1) is 6.77. The van der Waals surface area contributed by atoms with E-state index in [1.807, 2.05) is 13.0 Å². The van der Waals surface area contributed by atoms with Gasteiger partial charge in [0, 0.05) is 0 Å². The predicted molar refractivity (Wildman–Crippen MR) is 52.2 cm³/mol. The number of halogens is 1. The zero-order valence-corrected chi connectivity index (χ0v) is 14.0. The first kappa shape index (κ1) is 11.5. The molecule has 1 aromatic heterocycles. The SMILES string of the molecule is C/C=C/C#Cc1oc(=O)cc[c]1[Hg][Cl]. The average molecular weight is 395 g/mol. The Morgan fingerprint density at radius 2 is 2.36 bits per heavy atom. The van der Waals surface area contributed by atoms with Crippen molar-refractivity contribution in [2.24, 2.45) is 0 Å². The topological polar surface area (TPSA) is 30.2 Å². The molecule has 0 aliphatic carbocycles. The molecule has 0 saturated carbocycles. The van der Waals surface area contributed by atoms with Crippen LogP contribution in [0.15, 0.2) is 33.5 Å². The van der Waals surface area contributed by atoms with Crippen LogP contribution in [-0.4, -0.2) is 0 Å². The molecule has 0 atom stereocenters. The summed E-state index contributed by atoms with van der Waals surface area (Å²) in [6.07, 6.45) is 3.51. The fourth-order valence-corrected chi connectivity index (χ4v) is 4.59. The Hall–Kier alpha value is -0.525. The molecule has 2 nitrogen and oxygen atoms in total. The van der Waals surface area contributed by atoms with Gasteiger partial charge in [-0.25, -0.2) is 0 Å². The van der Waals surface area contributed by atoms with Gasteiger partial charge in [-0.2, -0.15) is 0 Å². The molecule has 0 aromatic carbocycles. The molecule has 0 aliphatic heterocycles. The maximum atomic E-state index is 10.9. The molecule has 1 rings (SSSR count). The molecular weight excluding hydrogens is 388 g/mol. The molecule has 1 aromatic rings. The second-order valence-corrected chi connectivity index (χ2v) is 8.86. The van der Waals surface area contributed by atoms with E-state index in [1.54, 1.807) is 12.1 Å². The van der Waals surface area contributed by atoms with Crippen LogP contribution in [0, 0.1) is 11.8 Å². The van der Waals surface area contributed by atoms with Crippen molar-refractivity contribution in [2.75, 3.05) is 0 Å². The van der Waals surface area contributed by atoms with Crippen molar-refractivity contribution in [3.8, 4) is 11.8 Å². The Morgan fingerprint density at radius 1 is 1.57 bits per heavy atom. The van der Waals surface area contributed by atoms with Crippen molar-refractivity contribution >= 4 is 11.3 Å². The van der Waals surface area contributed by atoms with Gasteiger partial charge in [-0.1, -0.05) is 0 Å². The van der Waals surface area contributed by atoms with E-state index >= 15 is 0 Å².